The van der Waals surface area contributed by atoms with Crippen molar-refractivity contribution in [3.05, 3.63) is 309 Å². The third-order valence-corrected chi connectivity index (χ3v) is 33.9. The number of morpholine rings is 1. The monoisotopic (exact) mass is 1830 g/mol. The first kappa shape index (κ1) is 97.2. The summed E-state index contributed by atoms with van der Waals surface area (Å²) in [5.41, 5.74) is 10.4. The molecule has 0 spiro atoms. The smallest absolute Gasteiger partial charge is 0.341 e. The summed E-state index contributed by atoms with van der Waals surface area (Å²) >= 11 is 0. The molecule has 0 aromatic heterocycles. The van der Waals surface area contributed by atoms with Crippen LogP contribution in [0.3, 0.4) is 0 Å². The summed E-state index contributed by atoms with van der Waals surface area (Å²) in [4.78, 5) is 28.3. The summed E-state index contributed by atoms with van der Waals surface area (Å²) in [6.45, 7) is 29.1. The molecule has 10 atom stereocenters. The molecule has 17 heteroatoms. The second-order valence-electron chi connectivity index (χ2n) is 42.1. The SMILES string of the molecule is COc1cccc(C(O)(Cc2ccccc2)C2CN3CCC2CC3)c1.Cc1ccccc1C(C)(O)C1CN2CCC1CC2.O=C(O)COc1ccc(CCC(O)(c2ccccc2)C2CN3CCC2CC3)cc1.OC(CCc1ccc(CN2CCCCC2)cc1)(c1ccccc1)C1CN2CCC1CC2.OC(CCc1ccc(CN2CCOCC2)cc1)(c1ccccc1)C1CN2CCC1CC2.[HH].[HH].[HH].[HH].[HH]. The van der Waals surface area contributed by atoms with Crippen LogP contribution in [0.4, 0.5) is 0 Å². The Kier molecular flexibility index (Phi) is 32.9. The molecule has 10 bridgehead atoms. The molecule has 0 saturated carbocycles. The zero-order chi connectivity index (χ0) is 92.5. The summed E-state index contributed by atoms with van der Waals surface area (Å²) in [5, 5.41) is 68.1. The number of carbonyl (C=O) groups is 1. The van der Waals surface area contributed by atoms with E-state index in [-0.39, 0.29) is 25.6 Å². The van der Waals surface area contributed by atoms with Crippen molar-refractivity contribution in [2.45, 2.75) is 183 Å². The van der Waals surface area contributed by atoms with Crippen molar-refractivity contribution in [1.29, 1.82) is 0 Å². The Bertz CT molecular complexity index is 4950. The van der Waals surface area contributed by atoms with Crippen molar-refractivity contribution in [3.63, 3.8) is 0 Å². The number of ether oxygens (including phenoxy) is 3. The van der Waals surface area contributed by atoms with Crippen LogP contribution in [0, 0.1) is 66.1 Å². The van der Waals surface area contributed by atoms with Crippen molar-refractivity contribution >= 4 is 5.97 Å². The lowest BCUT2D eigenvalue weighted by Crippen LogP contribution is -2.55. The van der Waals surface area contributed by atoms with Gasteiger partial charge in [0.15, 0.2) is 6.61 Å². The number of aliphatic carboxylic acids is 1. The van der Waals surface area contributed by atoms with Gasteiger partial charge in [-0.1, -0.05) is 225 Å². The van der Waals surface area contributed by atoms with Crippen LogP contribution in [0.25, 0.3) is 0 Å². The topological polar surface area (TPSA) is 189 Å². The van der Waals surface area contributed by atoms with Gasteiger partial charge in [0.2, 0.25) is 0 Å². The molecular formula is C117H163N7O10. The largest absolute Gasteiger partial charge is 0.497 e. The van der Waals surface area contributed by atoms with Gasteiger partial charge >= 0.3 is 5.97 Å². The van der Waals surface area contributed by atoms with E-state index in [9.17, 15) is 30.3 Å². The van der Waals surface area contributed by atoms with Crippen molar-refractivity contribution in [3.8, 4) is 11.5 Å². The number of aliphatic hydroxyl groups is 5. The fourth-order valence-electron chi connectivity index (χ4n) is 25.9. The number of fused-ring (bicyclic) bond motifs is 15. The highest BCUT2D eigenvalue weighted by molar-refractivity contribution is 5.68. The van der Waals surface area contributed by atoms with E-state index in [1.807, 2.05) is 79.7 Å². The van der Waals surface area contributed by atoms with Crippen LogP contribution in [-0.4, -0.2) is 222 Å². The fourth-order valence-corrected chi connectivity index (χ4v) is 25.9. The van der Waals surface area contributed by atoms with E-state index in [4.69, 9.17) is 19.3 Å². The molecular weight excluding hydrogens is 1660 g/mol. The van der Waals surface area contributed by atoms with E-state index < -0.39 is 34.0 Å². The molecule has 17 heterocycles. The quantitative estimate of drug-likeness (QED) is 0.0259. The van der Waals surface area contributed by atoms with Crippen LogP contribution in [0.1, 0.15) is 184 Å². The van der Waals surface area contributed by atoms with E-state index in [0.29, 0.717) is 65.9 Å². The third kappa shape index (κ3) is 23.9. The molecule has 0 amide bonds. The van der Waals surface area contributed by atoms with Crippen LogP contribution in [0.5, 0.6) is 11.5 Å². The number of carboxylic acids is 1. The summed E-state index contributed by atoms with van der Waals surface area (Å²) in [6.07, 6.45) is 21.8. The highest BCUT2D eigenvalue weighted by atomic mass is 16.5. The number of carboxylic acid groups (broad SMARTS) is 1. The number of methoxy groups -OCH3 is 1. The van der Waals surface area contributed by atoms with E-state index in [0.717, 1.165) is 156 Å². The second-order valence-corrected chi connectivity index (χ2v) is 42.1. The molecule has 134 heavy (non-hydrogen) atoms. The highest BCUT2D eigenvalue weighted by Gasteiger charge is 2.53. The van der Waals surface area contributed by atoms with Gasteiger partial charge in [0, 0.05) is 102 Å². The Morgan fingerprint density at radius 2 is 0.694 bits per heavy atom. The van der Waals surface area contributed by atoms with Crippen LogP contribution in [-0.2, 0) is 76.3 Å². The Morgan fingerprint density at radius 1 is 0.358 bits per heavy atom. The van der Waals surface area contributed by atoms with Crippen molar-refractivity contribution < 1.29 is 56.8 Å². The maximum Gasteiger partial charge on any atom is 0.341 e. The Labute approximate surface area is 807 Å². The minimum Gasteiger partial charge on any atom is -0.497 e. The molecule has 10 unspecified atom stereocenters. The normalized spacial score (nSPS) is 28.4. The first-order valence-corrected chi connectivity index (χ1v) is 51.5. The summed E-state index contributed by atoms with van der Waals surface area (Å²) in [7, 11) is 1.68. The van der Waals surface area contributed by atoms with Crippen LogP contribution >= 0.6 is 0 Å². The summed E-state index contributed by atoms with van der Waals surface area (Å²) in [5.74, 6) is 5.14. The van der Waals surface area contributed by atoms with Crippen molar-refractivity contribution in [1.82, 2.24) is 34.3 Å². The third-order valence-electron chi connectivity index (χ3n) is 33.9. The fraction of sp³-hybridized carbons (Fsp3) is 0.530. The predicted molar refractivity (Wildman–Crippen MR) is 545 cm³/mol. The van der Waals surface area contributed by atoms with Gasteiger partial charge in [-0.2, -0.15) is 0 Å². The molecule has 17 nitrogen and oxygen atoms in total. The highest BCUT2D eigenvalue weighted by Crippen LogP contribution is 2.52. The molecule has 0 radical (unpaired) electrons. The average molecular weight is 1830 g/mol. The van der Waals surface area contributed by atoms with Crippen LogP contribution in [0.2, 0.25) is 0 Å². The van der Waals surface area contributed by atoms with Crippen LogP contribution in [0.15, 0.2) is 243 Å². The second kappa shape index (κ2) is 45.4. The molecule has 17 fully saturated rings. The Morgan fingerprint density at radius 3 is 1.06 bits per heavy atom. The average Bonchev–Trinajstić information content (AvgIpc) is 0.786. The summed E-state index contributed by atoms with van der Waals surface area (Å²) in [6, 6.07) is 83.5. The number of hydrogen-bond acceptors (Lipinski definition) is 16. The number of aryl methyl sites for hydroxylation is 4. The lowest BCUT2D eigenvalue weighted by atomic mass is 9.66. The minimum absolute atomic E-state index is 0. The lowest BCUT2D eigenvalue weighted by molar-refractivity contribution is -0.139. The van der Waals surface area contributed by atoms with Gasteiger partial charge in [-0.3, -0.25) is 9.80 Å². The number of hydrogen-bond donors (Lipinski definition) is 6. The van der Waals surface area contributed by atoms with E-state index >= 15 is 0 Å². The van der Waals surface area contributed by atoms with Crippen molar-refractivity contribution in [2.75, 3.05) is 151 Å². The molecule has 726 valence electrons. The molecule has 17 aliphatic heterocycles. The maximum atomic E-state index is 12.1. The number of piperidine rings is 16. The van der Waals surface area contributed by atoms with Crippen molar-refractivity contribution in [2.24, 2.45) is 59.2 Å². The van der Waals surface area contributed by atoms with Gasteiger partial charge < -0.3 is 69.3 Å². The van der Waals surface area contributed by atoms with Gasteiger partial charge in [-0.05, 0) is 329 Å². The zero-order valence-corrected chi connectivity index (χ0v) is 80.4. The van der Waals surface area contributed by atoms with Crippen LogP contribution < -0.4 is 9.47 Å². The molecule has 26 rings (SSSR count). The zero-order valence-electron chi connectivity index (χ0n) is 80.4. The first-order valence-electron chi connectivity index (χ1n) is 51.5. The molecule has 9 aromatic carbocycles. The van der Waals surface area contributed by atoms with E-state index in [2.05, 4.69) is 199 Å². The van der Waals surface area contributed by atoms with E-state index in [1.54, 1.807) is 19.2 Å². The molecule has 17 aliphatic rings. The predicted octanol–water partition coefficient (Wildman–Crippen LogP) is 19.1. The van der Waals surface area contributed by atoms with Gasteiger partial charge in [0.1, 0.15) is 11.5 Å². The van der Waals surface area contributed by atoms with Gasteiger partial charge in [0.25, 0.3) is 0 Å². The number of nitrogens with zero attached hydrogens (tertiary/aromatic N) is 7. The van der Waals surface area contributed by atoms with Gasteiger partial charge in [-0.25, -0.2) is 4.79 Å². The van der Waals surface area contributed by atoms with Gasteiger partial charge in [-0.15, -0.1) is 0 Å². The standard InChI is InChI=1S/C28H38N2O.C27H36N2O2.C24H29NO4.C22H27NO2.C16H23NO.5H2/c31-28(26-7-3-1-4-8-26,27-22-30-19-14-25(27)15-20-30)16-13-23-9-11-24(12-10-23)21-29-17-5-2-6-18-29;30-27(25-4-2-1-3-5-25,26-21-28-14-11-24(26)12-15-28)13-10-22-6-8-23(9-7-22)20-29-16-18-31-19-17-29;26-23(27)17-29-21-8-6-18(7-9-21)10-13-24(28,20-4-2-1-3-5-20)22-16-25-14-11-19(22)12-15-25;1-25-20-9-5-8-19(14-20)22(24,15-17-6-3-2-4-7-17)21-16-23-12-10-18(21)11-13-23;1-12-5-3-4-6-14(12)16(2,18)15-11-17-9-7-13(15)8-10-17;;;;;/h1,3-4,7-12,25,27,31H,2,5-6,13-22H2;1-9,24,26,30H,10-21H2;1-9,19,22,28H,10-17H2,(H,26,27);2-9,14,18,21,24H,10-13,15-16H2,1H3;3-6,13,15,18H,7-11H2,1-2H3;5*1H. The molecule has 17 saturated heterocycles. The molecule has 0 aliphatic carbocycles. The van der Waals surface area contributed by atoms with E-state index in [1.165, 1.54) is 182 Å². The number of likely N-dealkylation sites (tertiary alicyclic amines) is 1. The summed E-state index contributed by atoms with van der Waals surface area (Å²) < 4.78 is 16.1. The molecule has 9 aromatic rings. The number of benzene rings is 9. The first-order chi connectivity index (χ1) is 65.2. The van der Waals surface area contributed by atoms with Gasteiger partial charge in [0.05, 0.1) is 48.3 Å². The lowest BCUT2D eigenvalue weighted by Gasteiger charge is -2.51. The Balaban J connectivity index is 0.000000156. The number of rotatable bonds is 29. The minimum atomic E-state index is -0.987. The maximum absolute atomic E-state index is 12.1. The molecule has 6 N–H and O–H groups in total. The Hall–Kier alpha value is -8.47.